The maximum Gasteiger partial charge on any atom is 0.254 e. The predicted octanol–water partition coefficient (Wildman–Crippen LogP) is 2.42. The molecule has 1 aliphatic heterocycles. The monoisotopic (exact) mass is 368 g/mol. The number of aromatic nitrogens is 2. The van der Waals surface area contributed by atoms with Crippen molar-refractivity contribution >= 4 is 11.8 Å². The van der Waals surface area contributed by atoms with Gasteiger partial charge in [-0.15, -0.1) is 0 Å². The zero-order valence-corrected chi connectivity index (χ0v) is 14.9. The van der Waals surface area contributed by atoms with Gasteiger partial charge in [0.2, 0.25) is 5.91 Å². The summed E-state index contributed by atoms with van der Waals surface area (Å²) in [5, 5.41) is 2.62. The third-order valence-electron chi connectivity index (χ3n) is 5.56. The Morgan fingerprint density at radius 3 is 2.37 bits per heavy atom. The van der Waals surface area contributed by atoms with Gasteiger partial charge in [0.25, 0.3) is 5.91 Å². The highest BCUT2D eigenvalue weighted by Crippen LogP contribution is 2.53. The second kappa shape index (κ2) is 7.06. The van der Waals surface area contributed by atoms with E-state index in [1.807, 2.05) is 4.90 Å². The van der Waals surface area contributed by atoms with Crippen LogP contribution in [0.1, 0.15) is 36.0 Å². The topological polar surface area (TPSA) is 75.2 Å². The average Bonchev–Trinajstić information content (AvgIpc) is 3.46. The van der Waals surface area contributed by atoms with E-state index in [1.165, 1.54) is 31.3 Å². The van der Waals surface area contributed by atoms with E-state index in [0.717, 1.165) is 25.9 Å². The quantitative estimate of drug-likeness (QED) is 0.899. The number of amides is 2. The summed E-state index contributed by atoms with van der Waals surface area (Å²) in [6.45, 7) is 1.51. The Bertz CT molecular complexity index is 855. The van der Waals surface area contributed by atoms with E-state index in [0.29, 0.717) is 5.41 Å². The van der Waals surface area contributed by atoms with Gasteiger partial charge in [-0.1, -0.05) is 12.1 Å². The molecular formula is C20H21FN4O2. The number of hydrogen-bond acceptors (Lipinski definition) is 4. The van der Waals surface area contributed by atoms with Crippen molar-refractivity contribution in [3.63, 3.8) is 0 Å². The van der Waals surface area contributed by atoms with E-state index in [-0.39, 0.29) is 29.4 Å². The summed E-state index contributed by atoms with van der Waals surface area (Å²) in [6, 6.07) is 6.19. The van der Waals surface area contributed by atoms with E-state index >= 15 is 0 Å². The standard InChI is InChI=1S/C20H21FN4O2/c21-16-4-2-1-3-15(16)18-22-11-14(12-23-18)19(27)24-13-17(26)25-9-7-20(5-6-20)8-10-25/h1-4,11-12H,5-10,13H2,(H,24,27). The summed E-state index contributed by atoms with van der Waals surface area (Å²) in [6.07, 6.45) is 7.39. The Balaban J connectivity index is 1.32. The smallest absolute Gasteiger partial charge is 0.254 e. The Kier molecular flexibility index (Phi) is 4.59. The molecule has 1 saturated heterocycles. The van der Waals surface area contributed by atoms with Gasteiger partial charge in [0, 0.05) is 25.5 Å². The summed E-state index contributed by atoms with van der Waals surface area (Å²) in [5.74, 6) is -0.695. The molecule has 7 heteroatoms. The number of benzene rings is 1. The SMILES string of the molecule is O=C(NCC(=O)N1CCC2(CC1)CC2)c1cnc(-c2ccccc2F)nc1. The highest BCUT2D eigenvalue weighted by Gasteiger charge is 2.44. The lowest BCUT2D eigenvalue weighted by atomic mass is 9.94. The summed E-state index contributed by atoms with van der Waals surface area (Å²) in [7, 11) is 0. The van der Waals surface area contributed by atoms with Crippen LogP contribution in [0.5, 0.6) is 0 Å². The van der Waals surface area contributed by atoms with Crippen LogP contribution in [0.2, 0.25) is 0 Å². The molecule has 1 aliphatic carbocycles. The minimum absolute atomic E-state index is 0.0408. The second-order valence-corrected chi connectivity index (χ2v) is 7.34. The average molecular weight is 368 g/mol. The fourth-order valence-electron chi connectivity index (χ4n) is 3.50. The molecule has 2 heterocycles. The molecule has 0 radical (unpaired) electrons. The number of hydrogen-bond donors (Lipinski definition) is 1. The molecule has 140 valence electrons. The summed E-state index contributed by atoms with van der Waals surface area (Å²) < 4.78 is 13.8. The number of carbonyl (C=O) groups is 2. The number of rotatable bonds is 4. The number of halogens is 1. The number of likely N-dealkylation sites (tertiary alicyclic amines) is 1. The van der Waals surface area contributed by atoms with E-state index in [9.17, 15) is 14.0 Å². The summed E-state index contributed by atoms with van der Waals surface area (Å²) in [4.78, 5) is 34.5. The minimum Gasteiger partial charge on any atom is -0.343 e. The van der Waals surface area contributed by atoms with Crippen molar-refractivity contribution in [2.24, 2.45) is 5.41 Å². The molecule has 0 bridgehead atoms. The van der Waals surface area contributed by atoms with Crippen molar-refractivity contribution in [1.82, 2.24) is 20.2 Å². The fourth-order valence-corrected chi connectivity index (χ4v) is 3.50. The van der Waals surface area contributed by atoms with E-state index < -0.39 is 11.7 Å². The molecule has 1 saturated carbocycles. The minimum atomic E-state index is -0.421. The van der Waals surface area contributed by atoms with Crippen LogP contribution < -0.4 is 5.32 Å². The van der Waals surface area contributed by atoms with Gasteiger partial charge in [0.1, 0.15) is 5.82 Å². The number of nitrogens with zero attached hydrogens (tertiary/aromatic N) is 3. The van der Waals surface area contributed by atoms with E-state index in [4.69, 9.17) is 0 Å². The number of piperidine rings is 1. The molecule has 6 nitrogen and oxygen atoms in total. The largest absolute Gasteiger partial charge is 0.343 e. The first-order valence-corrected chi connectivity index (χ1v) is 9.19. The van der Waals surface area contributed by atoms with Gasteiger partial charge in [-0.2, -0.15) is 0 Å². The van der Waals surface area contributed by atoms with Gasteiger partial charge in [-0.3, -0.25) is 9.59 Å². The van der Waals surface area contributed by atoms with Crippen molar-refractivity contribution in [1.29, 1.82) is 0 Å². The second-order valence-electron chi connectivity index (χ2n) is 7.34. The molecule has 0 atom stereocenters. The Morgan fingerprint density at radius 1 is 1.07 bits per heavy atom. The van der Waals surface area contributed by atoms with Crippen molar-refractivity contribution in [3.05, 3.63) is 48.0 Å². The lowest BCUT2D eigenvalue weighted by Crippen LogP contribution is -2.44. The Labute approximate surface area is 156 Å². The van der Waals surface area contributed by atoms with Crippen LogP contribution in [0, 0.1) is 11.2 Å². The zero-order chi connectivity index (χ0) is 18.9. The van der Waals surface area contributed by atoms with E-state index in [1.54, 1.807) is 18.2 Å². The zero-order valence-electron chi connectivity index (χ0n) is 14.9. The molecule has 1 N–H and O–H groups in total. The highest BCUT2D eigenvalue weighted by molar-refractivity contribution is 5.96. The number of carbonyl (C=O) groups excluding carboxylic acids is 2. The molecule has 2 fully saturated rings. The molecule has 0 unspecified atom stereocenters. The van der Waals surface area contributed by atoms with Crippen LogP contribution >= 0.6 is 0 Å². The predicted molar refractivity (Wildman–Crippen MR) is 97.2 cm³/mol. The van der Waals surface area contributed by atoms with Crippen LogP contribution in [0.4, 0.5) is 4.39 Å². The summed E-state index contributed by atoms with van der Waals surface area (Å²) in [5.41, 5.74) is 1.02. The molecule has 2 amide bonds. The van der Waals surface area contributed by atoms with Crippen molar-refractivity contribution in [3.8, 4) is 11.4 Å². The Hall–Kier alpha value is -2.83. The highest BCUT2D eigenvalue weighted by atomic mass is 19.1. The number of nitrogens with one attached hydrogen (secondary N) is 1. The molecule has 1 aromatic carbocycles. The third-order valence-corrected chi connectivity index (χ3v) is 5.56. The molecule has 1 spiro atoms. The first kappa shape index (κ1) is 17.6. The van der Waals surface area contributed by atoms with Gasteiger partial charge in [-0.25, -0.2) is 14.4 Å². The fraction of sp³-hybridized carbons (Fsp3) is 0.400. The molecular weight excluding hydrogens is 347 g/mol. The van der Waals surface area contributed by atoms with E-state index in [2.05, 4.69) is 15.3 Å². The van der Waals surface area contributed by atoms with Gasteiger partial charge in [0.05, 0.1) is 17.7 Å². The van der Waals surface area contributed by atoms with Crippen LogP contribution in [0.15, 0.2) is 36.7 Å². The normalized spacial score (nSPS) is 17.6. The summed E-state index contributed by atoms with van der Waals surface area (Å²) >= 11 is 0. The molecule has 4 rings (SSSR count). The lowest BCUT2D eigenvalue weighted by Gasteiger charge is -2.32. The first-order chi connectivity index (χ1) is 13.1. The maximum atomic E-state index is 13.8. The lowest BCUT2D eigenvalue weighted by molar-refractivity contribution is -0.131. The van der Waals surface area contributed by atoms with Gasteiger partial charge in [-0.05, 0) is 43.2 Å². The van der Waals surface area contributed by atoms with Crippen molar-refractivity contribution in [2.45, 2.75) is 25.7 Å². The third kappa shape index (κ3) is 3.82. The maximum absolute atomic E-state index is 13.8. The first-order valence-electron chi connectivity index (χ1n) is 9.19. The van der Waals surface area contributed by atoms with Crippen molar-refractivity contribution in [2.75, 3.05) is 19.6 Å². The van der Waals surface area contributed by atoms with Crippen LogP contribution in [-0.4, -0.2) is 46.3 Å². The molecule has 2 aromatic rings. The molecule has 27 heavy (non-hydrogen) atoms. The van der Waals surface area contributed by atoms with Gasteiger partial charge >= 0.3 is 0 Å². The van der Waals surface area contributed by atoms with Crippen LogP contribution in [-0.2, 0) is 4.79 Å². The Morgan fingerprint density at radius 2 is 1.74 bits per heavy atom. The van der Waals surface area contributed by atoms with Crippen molar-refractivity contribution < 1.29 is 14.0 Å². The molecule has 2 aliphatic rings. The van der Waals surface area contributed by atoms with Gasteiger partial charge in [0.15, 0.2) is 5.82 Å². The van der Waals surface area contributed by atoms with Gasteiger partial charge < -0.3 is 10.2 Å². The molecule has 1 aromatic heterocycles. The van der Waals surface area contributed by atoms with Crippen LogP contribution in [0.3, 0.4) is 0 Å². The van der Waals surface area contributed by atoms with Crippen LogP contribution in [0.25, 0.3) is 11.4 Å².